The minimum atomic E-state index is -0.843. The summed E-state index contributed by atoms with van der Waals surface area (Å²) in [5.41, 5.74) is 4.07. The van der Waals surface area contributed by atoms with Gasteiger partial charge < -0.3 is 14.8 Å². The van der Waals surface area contributed by atoms with E-state index >= 15 is 0 Å². The van der Waals surface area contributed by atoms with E-state index in [4.69, 9.17) is 9.84 Å². The van der Waals surface area contributed by atoms with Gasteiger partial charge >= 0.3 is 11.9 Å². The van der Waals surface area contributed by atoms with E-state index in [-0.39, 0.29) is 12.4 Å². The highest BCUT2D eigenvalue weighted by Gasteiger charge is 2.16. The Morgan fingerprint density at radius 1 is 1.12 bits per heavy atom. The standard InChI is InChI=1S/C20H19NO4/c1-2-25-20(24)14-7-5-6-13(12-14)19-15-8-3-4-9-16(15)21-17(19)10-11-18(22)23/h3-9,12,21H,2,10-11H2,1H3,(H,22,23). The molecule has 0 aliphatic rings. The SMILES string of the molecule is CCOC(=O)c1cccc(-c2c(CCC(=O)O)[nH]c3ccccc23)c1. The van der Waals surface area contributed by atoms with Crippen molar-refractivity contribution in [1.82, 2.24) is 4.98 Å². The second-order valence-corrected chi connectivity index (χ2v) is 5.72. The van der Waals surface area contributed by atoms with E-state index in [2.05, 4.69) is 4.98 Å². The molecular formula is C20H19NO4. The van der Waals surface area contributed by atoms with Gasteiger partial charge in [-0.2, -0.15) is 0 Å². The van der Waals surface area contributed by atoms with Gasteiger partial charge in [0.15, 0.2) is 0 Å². The molecule has 0 spiro atoms. The number of fused-ring (bicyclic) bond motifs is 1. The quantitative estimate of drug-likeness (QED) is 0.666. The van der Waals surface area contributed by atoms with Gasteiger partial charge in [0.2, 0.25) is 0 Å². The summed E-state index contributed by atoms with van der Waals surface area (Å²) in [6.07, 6.45) is 0.431. The molecule has 3 rings (SSSR count). The average molecular weight is 337 g/mol. The number of carboxylic acid groups (broad SMARTS) is 1. The number of aromatic nitrogens is 1. The minimum Gasteiger partial charge on any atom is -0.481 e. The van der Waals surface area contributed by atoms with Crippen molar-refractivity contribution in [2.45, 2.75) is 19.8 Å². The van der Waals surface area contributed by atoms with Crippen LogP contribution in [0, 0.1) is 0 Å². The number of carbonyl (C=O) groups excluding carboxylic acids is 1. The van der Waals surface area contributed by atoms with Crippen LogP contribution in [0.4, 0.5) is 0 Å². The van der Waals surface area contributed by atoms with Crippen LogP contribution >= 0.6 is 0 Å². The Hall–Kier alpha value is -3.08. The molecule has 0 aliphatic carbocycles. The molecule has 0 saturated heterocycles. The van der Waals surface area contributed by atoms with Gasteiger partial charge in [-0.25, -0.2) is 4.79 Å². The van der Waals surface area contributed by atoms with E-state index in [9.17, 15) is 9.59 Å². The lowest BCUT2D eigenvalue weighted by molar-refractivity contribution is -0.136. The Morgan fingerprint density at radius 2 is 1.92 bits per heavy atom. The Morgan fingerprint density at radius 3 is 2.68 bits per heavy atom. The van der Waals surface area contributed by atoms with Crippen molar-refractivity contribution in [3.63, 3.8) is 0 Å². The highest BCUT2D eigenvalue weighted by atomic mass is 16.5. The first kappa shape index (κ1) is 16.8. The Balaban J connectivity index is 2.10. The van der Waals surface area contributed by atoms with Crippen molar-refractivity contribution >= 4 is 22.8 Å². The molecule has 0 amide bonds. The fraction of sp³-hybridized carbons (Fsp3) is 0.200. The number of hydrogen-bond acceptors (Lipinski definition) is 3. The maximum atomic E-state index is 12.0. The Kier molecular flexibility index (Phi) is 4.84. The van der Waals surface area contributed by atoms with E-state index in [0.717, 1.165) is 27.7 Å². The van der Waals surface area contributed by atoms with Gasteiger partial charge in [0.1, 0.15) is 0 Å². The second-order valence-electron chi connectivity index (χ2n) is 5.72. The van der Waals surface area contributed by atoms with Crippen LogP contribution in [0.25, 0.3) is 22.0 Å². The zero-order valence-electron chi connectivity index (χ0n) is 13.9. The topological polar surface area (TPSA) is 79.4 Å². The lowest BCUT2D eigenvalue weighted by atomic mass is 9.98. The van der Waals surface area contributed by atoms with E-state index in [1.54, 1.807) is 19.1 Å². The summed E-state index contributed by atoms with van der Waals surface area (Å²) < 4.78 is 5.07. The molecule has 0 saturated carbocycles. The van der Waals surface area contributed by atoms with Crippen LogP contribution in [-0.4, -0.2) is 28.6 Å². The molecular weight excluding hydrogens is 318 g/mol. The predicted molar refractivity (Wildman–Crippen MR) is 95.6 cm³/mol. The summed E-state index contributed by atoms with van der Waals surface area (Å²) in [6, 6.07) is 15.0. The Bertz CT molecular complexity index is 926. The van der Waals surface area contributed by atoms with Crippen molar-refractivity contribution in [2.75, 3.05) is 6.61 Å². The number of ether oxygens (including phenoxy) is 1. The number of para-hydroxylation sites is 1. The second kappa shape index (κ2) is 7.21. The van der Waals surface area contributed by atoms with Gasteiger partial charge in [-0.1, -0.05) is 30.3 Å². The molecule has 0 aliphatic heterocycles. The first-order valence-electron chi connectivity index (χ1n) is 8.19. The number of aryl methyl sites for hydroxylation is 1. The van der Waals surface area contributed by atoms with Crippen LogP contribution in [0.5, 0.6) is 0 Å². The molecule has 2 aromatic carbocycles. The van der Waals surface area contributed by atoms with E-state index in [1.165, 1.54) is 0 Å². The van der Waals surface area contributed by atoms with Crippen molar-refractivity contribution in [3.8, 4) is 11.1 Å². The number of rotatable bonds is 6. The fourth-order valence-corrected chi connectivity index (χ4v) is 2.96. The third kappa shape index (κ3) is 3.55. The number of esters is 1. The van der Waals surface area contributed by atoms with Crippen LogP contribution in [-0.2, 0) is 16.0 Å². The average Bonchev–Trinajstić information content (AvgIpc) is 2.98. The third-order valence-corrected chi connectivity index (χ3v) is 4.03. The maximum Gasteiger partial charge on any atom is 0.338 e. The van der Waals surface area contributed by atoms with Crippen LogP contribution < -0.4 is 0 Å². The van der Waals surface area contributed by atoms with Crippen LogP contribution in [0.3, 0.4) is 0 Å². The van der Waals surface area contributed by atoms with E-state index < -0.39 is 5.97 Å². The summed E-state index contributed by atoms with van der Waals surface area (Å²) in [5.74, 6) is -1.21. The zero-order chi connectivity index (χ0) is 17.8. The van der Waals surface area contributed by atoms with Crippen LogP contribution in [0.15, 0.2) is 48.5 Å². The Labute approximate surface area is 145 Å². The largest absolute Gasteiger partial charge is 0.481 e. The van der Waals surface area contributed by atoms with Gasteiger partial charge in [-0.15, -0.1) is 0 Å². The molecule has 25 heavy (non-hydrogen) atoms. The highest BCUT2D eigenvalue weighted by Crippen LogP contribution is 2.33. The number of carbonyl (C=O) groups is 2. The number of benzene rings is 2. The number of nitrogens with one attached hydrogen (secondary N) is 1. The van der Waals surface area contributed by atoms with Crippen LogP contribution in [0.2, 0.25) is 0 Å². The predicted octanol–water partition coefficient (Wildman–Crippen LogP) is 4.03. The summed E-state index contributed by atoms with van der Waals surface area (Å²) in [5, 5.41) is 10.0. The van der Waals surface area contributed by atoms with Gasteiger partial charge in [0.05, 0.1) is 18.6 Å². The van der Waals surface area contributed by atoms with Crippen molar-refractivity contribution in [1.29, 1.82) is 0 Å². The molecule has 0 radical (unpaired) electrons. The lowest BCUT2D eigenvalue weighted by Crippen LogP contribution is -2.04. The first-order chi connectivity index (χ1) is 12.1. The van der Waals surface area contributed by atoms with Crippen molar-refractivity contribution < 1.29 is 19.4 Å². The molecule has 1 aromatic heterocycles. The molecule has 0 bridgehead atoms. The molecule has 0 atom stereocenters. The number of carboxylic acids is 1. The third-order valence-electron chi connectivity index (χ3n) is 4.03. The van der Waals surface area contributed by atoms with E-state index in [1.807, 2.05) is 36.4 Å². The van der Waals surface area contributed by atoms with Gasteiger partial charge in [0.25, 0.3) is 0 Å². The number of hydrogen-bond donors (Lipinski definition) is 2. The van der Waals surface area contributed by atoms with Crippen molar-refractivity contribution in [2.24, 2.45) is 0 Å². The first-order valence-corrected chi connectivity index (χ1v) is 8.19. The molecule has 0 unspecified atom stereocenters. The smallest absolute Gasteiger partial charge is 0.338 e. The summed E-state index contributed by atoms with van der Waals surface area (Å²) in [4.78, 5) is 26.3. The van der Waals surface area contributed by atoms with Gasteiger partial charge in [-0.05, 0) is 37.1 Å². The number of aliphatic carboxylic acids is 1. The molecule has 3 aromatic rings. The summed E-state index contributed by atoms with van der Waals surface area (Å²) in [7, 11) is 0. The number of aromatic amines is 1. The molecule has 2 N–H and O–H groups in total. The van der Waals surface area contributed by atoms with Gasteiger partial charge in [-0.3, -0.25) is 4.79 Å². The molecule has 5 nitrogen and oxygen atoms in total. The zero-order valence-corrected chi connectivity index (χ0v) is 13.9. The lowest BCUT2D eigenvalue weighted by Gasteiger charge is -2.07. The highest BCUT2D eigenvalue weighted by molar-refractivity contribution is 5.99. The summed E-state index contributed by atoms with van der Waals surface area (Å²) in [6.45, 7) is 2.09. The normalized spacial score (nSPS) is 10.8. The van der Waals surface area contributed by atoms with Gasteiger partial charge in [0, 0.05) is 22.2 Å². The summed E-state index contributed by atoms with van der Waals surface area (Å²) >= 11 is 0. The van der Waals surface area contributed by atoms with Crippen LogP contribution in [0.1, 0.15) is 29.4 Å². The van der Waals surface area contributed by atoms with Crippen molar-refractivity contribution in [3.05, 3.63) is 59.8 Å². The molecule has 5 heteroatoms. The molecule has 0 fully saturated rings. The molecule has 128 valence electrons. The molecule has 1 heterocycles. The minimum absolute atomic E-state index is 0.0391. The fourth-order valence-electron chi connectivity index (χ4n) is 2.96. The van der Waals surface area contributed by atoms with E-state index in [0.29, 0.717) is 18.6 Å². The number of H-pyrrole nitrogens is 1. The monoisotopic (exact) mass is 337 g/mol. The maximum absolute atomic E-state index is 12.0.